The molecule has 3 atom stereocenters. The van der Waals surface area contributed by atoms with Crippen molar-refractivity contribution < 1.29 is 22.1 Å². The van der Waals surface area contributed by atoms with Crippen LogP contribution in [-0.4, -0.2) is 50.5 Å². The number of hydrogen-bond acceptors (Lipinski definition) is 5. The summed E-state index contributed by atoms with van der Waals surface area (Å²) >= 11 is 0. The van der Waals surface area contributed by atoms with E-state index in [4.69, 9.17) is 8.92 Å². The van der Waals surface area contributed by atoms with Gasteiger partial charge in [-0.2, -0.15) is 8.42 Å². The molecule has 2 fully saturated rings. The van der Waals surface area contributed by atoms with Crippen molar-refractivity contribution in [2.24, 2.45) is 11.8 Å². The lowest BCUT2D eigenvalue weighted by atomic mass is 10.0. The van der Waals surface area contributed by atoms with Gasteiger partial charge >= 0.3 is 6.09 Å². The molecule has 2 aliphatic rings. The van der Waals surface area contributed by atoms with E-state index in [1.165, 1.54) is 0 Å². The number of fused-ring (bicyclic) bond motifs is 1. The largest absolute Gasteiger partial charge is 0.444 e. The molecular formula is C13H23NO5S. The molecule has 0 aromatic carbocycles. The molecule has 0 spiro atoms. The summed E-state index contributed by atoms with van der Waals surface area (Å²) in [4.78, 5) is 13.7. The highest BCUT2D eigenvalue weighted by Gasteiger charge is 2.44. The van der Waals surface area contributed by atoms with Crippen molar-refractivity contribution in [3.05, 3.63) is 0 Å². The Balaban J connectivity index is 1.87. The van der Waals surface area contributed by atoms with Crippen molar-refractivity contribution in [2.45, 2.75) is 45.3 Å². The molecule has 6 nitrogen and oxygen atoms in total. The third-order valence-electron chi connectivity index (χ3n) is 3.67. The van der Waals surface area contributed by atoms with Crippen molar-refractivity contribution in [1.29, 1.82) is 0 Å². The summed E-state index contributed by atoms with van der Waals surface area (Å²) in [7, 11) is -3.40. The number of carbonyl (C=O) groups excluding carboxylic acids is 1. The number of likely N-dealkylation sites (tertiary alicyclic amines) is 1. The molecule has 0 aromatic rings. The number of amides is 1. The minimum absolute atomic E-state index is 0.235. The predicted molar refractivity (Wildman–Crippen MR) is 73.7 cm³/mol. The van der Waals surface area contributed by atoms with Crippen LogP contribution in [0.1, 0.15) is 33.6 Å². The fourth-order valence-corrected chi connectivity index (χ4v) is 3.70. The first-order chi connectivity index (χ1) is 9.03. The van der Waals surface area contributed by atoms with Crippen LogP contribution in [0.3, 0.4) is 0 Å². The van der Waals surface area contributed by atoms with Gasteiger partial charge in [-0.3, -0.25) is 4.18 Å². The van der Waals surface area contributed by atoms with Crippen molar-refractivity contribution >= 4 is 16.2 Å². The van der Waals surface area contributed by atoms with Crippen LogP contribution < -0.4 is 0 Å². The van der Waals surface area contributed by atoms with Crippen LogP contribution in [0.5, 0.6) is 0 Å². The summed E-state index contributed by atoms with van der Waals surface area (Å²) in [6, 6.07) is 0. The molecule has 0 radical (unpaired) electrons. The molecule has 1 saturated carbocycles. The van der Waals surface area contributed by atoms with E-state index in [1.54, 1.807) is 4.90 Å². The molecule has 1 saturated heterocycles. The molecule has 7 heteroatoms. The number of nitrogens with zero attached hydrogens (tertiary/aromatic N) is 1. The molecule has 1 aliphatic heterocycles. The zero-order chi connectivity index (χ0) is 15.1. The summed E-state index contributed by atoms with van der Waals surface area (Å²) in [6.07, 6.45) is 1.94. The number of rotatable bonds is 2. The highest BCUT2D eigenvalue weighted by Crippen LogP contribution is 2.40. The fourth-order valence-electron chi connectivity index (χ4n) is 3.05. The monoisotopic (exact) mass is 305 g/mol. The molecule has 0 N–H and O–H groups in total. The molecule has 116 valence electrons. The van der Waals surface area contributed by atoms with E-state index in [9.17, 15) is 13.2 Å². The number of ether oxygens (including phenoxy) is 1. The maximum atomic E-state index is 12.0. The smallest absolute Gasteiger partial charge is 0.410 e. The second-order valence-electron chi connectivity index (χ2n) is 6.80. The first-order valence-corrected chi connectivity index (χ1v) is 8.71. The normalized spacial score (nSPS) is 30.4. The second kappa shape index (κ2) is 5.18. The van der Waals surface area contributed by atoms with Crippen LogP contribution in [0.15, 0.2) is 0 Å². The molecule has 20 heavy (non-hydrogen) atoms. The third-order valence-corrected chi connectivity index (χ3v) is 4.29. The Morgan fingerprint density at radius 3 is 2.05 bits per heavy atom. The average molecular weight is 305 g/mol. The molecular weight excluding hydrogens is 282 g/mol. The van der Waals surface area contributed by atoms with E-state index >= 15 is 0 Å². The van der Waals surface area contributed by atoms with Crippen LogP contribution in [0.2, 0.25) is 0 Å². The Labute approximate surface area is 120 Å². The zero-order valence-electron chi connectivity index (χ0n) is 12.5. The zero-order valence-corrected chi connectivity index (χ0v) is 13.3. The van der Waals surface area contributed by atoms with E-state index < -0.39 is 15.7 Å². The highest BCUT2D eigenvalue weighted by atomic mass is 32.2. The Morgan fingerprint density at radius 2 is 1.65 bits per heavy atom. The predicted octanol–water partition coefficient (Wildman–Crippen LogP) is 1.61. The summed E-state index contributed by atoms with van der Waals surface area (Å²) < 4.78 is 32.7. The molecule has 1 aliphatic carbocycles. The number of hydrogen-bond donors (Lipinski definition) is 0. The van der Waals surface area contributed by atoms with Crippen molar-refractivity contribution in [3.8, 4) is 0 Å². The van der Waals surface area contributed by atoms with Crippen LogP contribution in [-0.2, 0) is 19.0 Å². The SMILES string of the molecule is CC(C)(C)OC(=O)N1C[C@H]2C[C@@H](OS(C)(=O)=O)C[C@H]2C1. The van der Waals surface area contributed by atoms with E-state index in [-0.39, 0.29) is 12.2 Å². The van der Waals surface area contributed by atoms with Crippen LogP contribution in [0, 0.1) is 11.8 Å². The van der Waals surface area contributed by atoms with Gasteiger partial charge in [0.15, 0.2) is 0 Å². The van der Waals surface area contributed by atoms with Gasteiger partial charge in [0.2, 0.25) is 0 Å². The molecule has 0 bridgehead atoms. The van der Waals surface area contributed by atoms with Crippen LogP contribution in [0.25, 0.3) is 0 Å². The van der Waals surface area contributed by atoms with Crippen LogP contribution >= 0.6 is 0 Å². The average Bonchev–Trinajstić information content (AvgIpc) is 2.68. The Hall–Kier alpha value is -0.820. The first kappa shape index (κ1) is 15.6. The van der Waals surface area contributed by atoms with Gasteiger partial charge in [-0.05, 0) is 45.4 Å². The standard InChI is InChI=1S/C13H23NO5S/c1-13(2,3)18-12(15)14-7-9-5-11(6-10(9)8-14)19-20(4,16)17/h9-11H,5-8H2,1-4H3/t9-,10+,11-. The van der Waals surface area contributed by atoms with Gasteiger partial charge in [-0.25, -0.2) is 4.79 Å². The van der Waals surface area contributed by atoms with Crippen molar-refractivity contribution in [3.63, 3.8) is 0 Å². The summed E-state index contributed by atoms with van der Waals surface area (Å²) in [5, 5.41) is 0. The number of carbonyl (C=O) groups is 1. The molecule has 2 rings (SSSR count). The van der Waals surface area contributed by atoms with Gasteiger partial charge in [0.1, 0.15) is 5.60 Å². The van der Waals surface area contributed by atoms with Crippen molar-refractivity contribution in [1.82, 2.24) is 4.90 Å². The molecule has 0 aromatic heterocycles. The minimum Gasteiger partial charge on any atom is -0.444 e. The van der Waals surface area contributed by atoms with Crippen molar-refractivity contribution in [2.75, 3.05) is 19.3 Å². The Kier molecular flexibility index (Phi) is 4.03. The van der Waals surface area contributed by atoms with Gasteiger partial charge in [0.25, 0.3) is 10.1 Å². The Morgan fingerprint density at radius 1 is 1.15 bits per heavy atom. The maximum Gasteiger partial charge on any atom is 0.410 e. The van der Waals surface area contributed by atoms with E-state index in [0.717, 1.165) is 6.26 Å². The lowest BCUT2D eigenvalue weighted by Gasteiger charge is -2.25. The molecule has 0 unspecified atom stereocenters. The lowest BCUT2D eigenvalue weighted by molar-refractivity contribution is 0.0272. The summed E-state index contributed by atoms with van der Waals surface area (Å²) in [5.74, 6) is 0.628. The summed E-state index contributed by atoms with van der Waals surface area (Å²) in [6.45, 7) is 6.79. The maximum absolute atomic E-state index is 12.0. The summed E-state index contributed by atoms with van der Waals surface area (Å²) in [5.41, 5.74) is -0.489. The molecule has 1 amide bonds. The Bertz CT molecular complexity index is 467. The second-order valence-corrected chi connectivity index (χ2v) is 8.40. The topological polar surface area (TPSA) is 72.9 Å². The van der Waals surface area contributed by atoms with E-state index in [2.05, 4.69) is 0 Å². The third kappa shape index (κ3) is 4.09. The van der Waals surface area contributed by atoms with Gasteiger partial charge in [0, 0.05) is 13.1 Å². The van der Waals surface area contributed by atoms with Gasteiger partial charge < -0.3 is 9.64 Å². The highest BCUT2D eigenvalue weighted by molar-refractivity contribution is 7.86. The van der Waals surface area contributed by atoms with Crippen LogP contribution in [0.4, 0.5) is 4.79 Å². The van der Waals surface area contributed by atoms with E-state index in [0.29, 0.717) is 37.8 Å². The minimum atomic E-state index is -3.40. The molecule has 1 heterocycles. The van der Waals surface area contributed by atoms with Gasteiger partial charge in [-0.15, -0.1) is 0 Å². The lowest BCUT2D eigenvalue weighted by Crippen LogP contribution is -2.36. The van der Waals surface area contributed by atoms with Gasteiger partial charge in [-0.1, -0.05) is 0 Å². The first-order valence-electron chi connectivity index (χ1n) is 6.90. The fraction of sp³-hybridized carbons (Fsp3) is 0.923. The van der Waals surface area contributed by atoms with Gasteiger partial charge in [0.05, 0.1) is 12.4 Å². The van der Waals surface area contributed by atoms with E-state index in [1.807, 2.05) is 20.8 Å². The quantitative estimate of drug-likeness (QED) is 0.725.